The summed E-state index contributed by atoms with van der Waals surface area (Å²) in [6.07, 6.45) is 6.61. The zero-order chi connectivity index (χ0) is 11.0. The standard InChI is InChI=1S/C13H29N/c1-5-11(4)8-12(6-2)9-13(7-3)10-14/h11-13H,5-10,14H2,1-4H3. The van der Waals surface area contributed by atoms with Gasteiger partial charge in [-0.15, -0.1) is 0 Å². The molecule has 0 bridgehead atoms. The van der Waals surface area contributed by atoms with E-state index in [0.717, 1.165) is 24.3 Å². The van der Waals surface area contributed by atoms with Crippen LogP contribution in [0.15, 0.2) is 0 Å². The molecule has 86 valence electrons. The first-order chi connectivity index (χ1) is 6.67. The highest BCUT2D eigenvalue weighted by Crippen LogP contribution is 2.25. The minimum absolute atomic E-state index is 0.754. The zero-order valence-electron chi connectivity index (χ0n) is 10.6. The van der Waals surface area contributed by atoms with E-state index in [1.807, 2.05) is 0 Å². The van der Waals surface area contributed by atoms with E-state index in [2.05, 4.69) is 27.7 Å². The van der Waals surface area contributed by atoms with Crippen LogP contribution >= 0.6 is 0 Å². The molecule has 0 aromatic heterocycles. The number of hydrogen-bond acceptors (Lipinski definition) is 1. The Morgan fingerprint density at radius 2 is 1.43 bits per heavy atom. The van der Waals surface area contributed by atoms with Gasteiger partial charge in [0.1, 0.15) is 0 Å². The second kappa shape index (κ2) is 8.28. The van der Waals surface area contributed by atoms with E-state index >= 15 is 0 Å². The summed E-state index contributed by atoms with van der Waals surface area (Å²) in [5, 5.41) is 0. The third-order valence-corrected chi connectivity index (χ3v) is 3.59. The molecule has 0 saturated carbocycles. The minimum atomic E-state index is 0.754. The van der Waals surface area contributed by atoms with Crippen molar-refractivity contribution >= 4 is 0 Å². The highest BCUT2D eigenvalue weighted by Gasteiger charge is 2.14. The van der Waals surface area contributed by atoms with Gasteiger partial charge in [0.25, 0.3) is 0 Å². The summed E-state index contributed by atoms with van der Waals surface area (Å²) >= 11 is 0. The normalized spacial score (nSPS) is 17.8. The lowest BCUT2D eigenvalue weighted by Gasteiger charge is -2.23. The van der Waals surface area contributed by atoms with Gasteiger partial charge in [-0.3, -0.25) is 0 Å². The molecular formula is C13H29N. The van der Waals surface area contributed by atoms with Crippen molar-refractivity contribution in [1.29, 1.82) is 0 Å². The topological polar surface area (TPSA) is 26.0 Å². The molecule has 0 fully saturated rings. The zero-order valence-corrected chi connectivity index (χ0v) is 10.6. The minimum Gasteiger partial charge on any atom is -0.330 e. The lowest BCUT2D eigenvalue weighted by atomic mass is 9.84. The summed E-state index contributed by atoms with van der Waals surface area (Å²) in [6, 6.07) is 0. The van der Waals surface area contributed by atoms with E-state index in [-0.39, 0.29) is 0 Å². The molecule has 0 heterocycles. The van der Waals surface area contributed by atoms with E-state index in [4.69, 9.17) is 5.73 Å². The fraction of sp³-hybridized carbons (Fsp3) is 1.00. The maximum absolute atomic E-state index is 5.75. The average molecular weight is 199 g/mol. The molecule has 0 rings (SSSR count). The molecule has 0 aromatic carbocycles. The second-order valence-corrected chi connectivity index (χ2v) is 4.77. The average Bonchev–Trinajstić information content (AvgIpc) is 2.23. The monoisotopic (exact) mass is 199 g/mol. The first kappa shape index (κ1) is 14.0. The molecular weight excluding hydrogens is 170 g/mol. The molecule has 0 aliphatic carbocycles. The number of nitrogens with two attached hydrogens (primary N) is 1. The fourth-order valence-corrected chi connectivity index (χ4v) is 2.07. The van der Waals surface area contributed by atoms with Gasteiger partial charge in [-0.25, -0.2) is 0 Å². The Kier molecular flexibility index (Phi) is 8.26. The maximum Gasteiger partial charge on any atom is -0.00489 e. The van der Waals surface area contributed by atoms with E-state index < -0.39 is 0 Å². The van der Waals surface area contributed by atoms with Crippen LogP contribution in [-0.2, 0) is 0 Å². The van der Waals surface area contributed by atoms with Crippen LogP contribution in [0.25, 0.3) is 0 Å². The van der Waals surface area contributed by atoms with Gasteiger partial charge in [-0.05, 0) is 37.1 Å². The SMILES string of the molecule is CCC(C)CC(CC)CC(CC)CN. The summed E-state index contributed by atoms with van der Waals surface area (Å²) in [5.74, 6) is 2.54. The molecule has 3 unspecified atom stereocenters. The number of rotatable bonds is 8. The largest absolute Gasteiger partial charge is 0.330 e. The Morgan fingerprint density at radius 3 is 1.79 bits per heavy atom. The third kappa shape index (κ3) is 5.64. The lowest BCUT2D eigenvalue weighted by Crippen LogP contribution is -2.18. The van der Waals surface area contributed by atoms with Crippen LogP contribution in [0.2, 0.25) is 0 Å². The van der Waals surface area contributed by atoms with Gasteiger partial charge in [0.2, 0.25) is 0 Å². The summed E-state index contributed by atoms with van der Waals surface area (Å²) < 4.78 is 0. The molecule has 1 nitrogen and oxygen atoms in total. The third-order valence-electron chi connectivity index (χ3n) is 3.59. The smallest absolute Gasteiger partial charge is 0.00489 e. The van der Waals surface area contributed by atoms with Crippen molar-refractivity contribution in [3.8, 4) is 0 Å². The van der Waals surface area contributed by atoms with Gasteiger partial charge in [0.05, 0.1) is 0 Å². The van der Waals surface area contributed by atoms with E-state index in [9.17, 15) is 0 Å². The molecule has 0 radical (unpaired) electrons. The van der Waals surface area contributed by atoms with E-state index in [1.54, 1.807) is 0 Å². The highest BCUT2D eigenvalue weighted by molar-refractivity contribution is 4.67. The van der Waals surface area contributed by atoms with Crippen LogP contribution in [0.1, 0.15) is 59.8 Å². The summed E-state index contributed by atoms with van der Waals surface area (Å²) in [4.78, 5) is 0. The van der Waals surface area contributed by atoms with Crippen molar-refractivity contribution < 1.29 is 0 Å². The first-order valence-corrected chi connectivity index (χ1v) is 6.37. The molecule has 1 heteroatoms. The second-order valence-electron chi connectivity index (χ2n) is 4.77. The van der Waals surface area contributed by atoms with Crippen LogP contribution in [0, 0.1) is 17.8 Å². The van der Waals surface area contributed by atoms with Crippen LogP contribution in [0.3, 0.4) is 0 Å². The lowest BCUT2D eigenvalue weighted by molar-refractivity contribution is 0.299. The van der Waals surface area contributed by atoms with Crippen molar-refractivity contribution in [3.63, 3.8) is 0 Å². The van der Waals surface area contributed by atoms with Crippen LogP contribution in [-0.4, -0.2) is 6.54 Å². The Balaban J connectivity index is 3.88. The Hall–Kier alpha value is -0.0400. The Labute approximate surface area is 90.5 Å². The number of hydrogen-bond donors (Lipinski definition) is 1. The van der Waals surface area contributed by atoms with Gasteiger partial charge >= 0.3 is 0 Å². The predicted octanol–water partition coefficient (Wildman–Crippen LogP) is 3.82. The van der Waals surface area contributed by atoms with Crippen LogP contribution in [0.5, 0.6) is 0 Å². The Bertz CT molecular complexity index is 118. The molecule has 0 aromatic rings. The van der Waals surface area contributed by atoms with Crippen molar-refractivity contribution in [2.75, 3.05) is 6.54 Å². The van der Waals surface area contributed by atoms with Gasteiger partial charge in [0, 0.05) is 0 Å². The van der Waals surface area contributed by atoms with Gasteiger partial charge in [0.15, 0.2) is 0 Å². The molecule has 0 aliphatic heterocycles. The van der Waals surface area contributed by atoms with Crippen LogP contribution in [0.4, 0.5) is 0 Å². The van der Waals surface area contributed by atoms with Gasteiger partial charge in [-0.1, -0.05) is 47.0 Å². The molecule has 2 N–H and O–H groups in total. The van der Waals surface area contributed by atoms with E-state index in [0.29, 0.717) is 0 Å². The summed E-state index contributed by atoms with van der Waals surface area (Å²) in [5.41, 5.74) is 5.75. The van der Waals surface area contributed by atoms with Crippen molar-refractivity contribution in [2.24, 2.45) is 23.5 Å². The van der Waals surface area contributed by atoms with Gasteiger partial charge in [-0.2, -0.15) is 0 Å². The first-order valence-electron chi connectivity index (χ1n) is 6.37. The van der Waals surface area contributed by atoms with E-state index in [1.165, 1.54) is 32.1 Å². The van der Waals surface area contributed by atoms with Crippen molar-refractivity contribution in [3.05, 3.63) is 0 Å². The summed E-state index contributed by atoms with van der Waals surface area (Å²) in [6.45, 7) is 10.1. The molecule has 0 amide bonds. The van der Waals surface area contributed by atoms with Crippen molar-refractivity contribution in [2.45, 2.75) is 59.8 Å². The maximum atomic E-state index is 5.75. The van der Waals surface area contributed by atoms with Crippen LogP contribution < -0.4 is 5.73 Å². The van der Waals surface area contributed by atoms with Gasteiger partial charge < -0.3 is 5.73 Å². The quantitative estimate of drug-likeness (QED) is 0.632. The fourth-order valence-electron chi connectivity index (χ4n) is 2.07. The molecule has 0 spiro atoms. The molecule has 14 heavy (non-hydrogen) atoms. The molecule has 3 atom stereocenters. The Morgan fingerprint density at radius 1 is 0.857 bits per heavy atom. The predicted molar refractivity (Wildman–Crippen MR) is 65.3 cm³/mol. The van der Waals surface area contributed by atoms with Crippen molar-refractivity contribution in [1.82, 2.24) is 0 Å². The summed E-state index contributed by atoms with van der Waals surface area (Å²) in [7, 11) is 0. The molecule has 0 aliphatic rings. The molecule has 0 saturated heterocycles. The highest BCUT2D eigenvalue weighted by atomic mass is 14.5.